The quantitative estimate of drug-likeness (QED) is 0.390. The zero-order chi connectivity index (χ0) is 30.2. The number of halogens is 3. The summed E-state index contributed by atoms with van der Waals surface area (Å²) in [6, 6.07) is 10.9. The second kappa shape index (κ2) is 12.0. The second-order valence-electron chi connectivity index (χ2n) is 11.4. The maximum atomic E-state index is 13.7. The first kappa shape index (κ1) is 30.0. The number of nitrogens with one attached hydrogen (secondary N) is 1. The highest BCUT2D eigenvalue weighted by Gasteiger charge is 2.36. The first-order valence-electron chi connectivity index (χ1n) is 13.6. The number of benzene rings is 2. The third-order valence-corrected chi connectivity index (χ3v) is 7.48. The largest absolute Gasteiger partial charge is 0.444 e. The van der Waals surface area contributed by atoms with Crippen LogP contribution >= 0.6 is 23.2 Å². The third kappa shape index (κ3) is 6.78. The van der Waals surface area contributed by atoms with Gasteiger partial charge in [-0.15, -0.1) is 0 Å². The molecule has 0 saturated carbocycles. The van der Waals surface area contributed by atoms with Crippen LogP contribution in [-0.2, 0) is 11.3 Å². The molecule has 2 aromatic carbocycles. The molecule has 0 spiro atoms. The summed E-state index contributed by atoms with van der Waals surface area (Å²) in [5.41, 5.74) is 5.20. The fraction of sp³-hybridized carbons (Fsp3) is 0.367. The molecule has 3 heterocycles. The molecule has 1 saturated heterocycles. The van der Waals surface area contributed by atoms with E-state index in [4.69, 9.17) is 33.0 Å². The minimum absolute atomic E-state index is 0.0533. The molecule has 2 aliphatic heterocycles. The number of aliphatic hydroxyl groups excluding tert-OH is 1. The van der Waals surface area contributed by atoms with Gasteiger partial charge < -0.3 is 9.84 Å². The Labute approximate surface area is 253 Å². The molecular formula is C30H32Cl2FN5O4. The Bertz CT molecular complexity index is 1530. The van der Waals surface area contributed by atoms with Crippen LogP contribution in [0.15, 0.2) is 42.5 Å². The van der Waals surface area contributed by atoms with Crippen LogP contribution in [0, 0.1) is 5.82 Å². The number of rotatable bonds is 4. The third-order valence-electron chi connectivity index (χ3n) is 6.94. The van der Waals surface area contributed by atoms with E-state index < -0.39 is 23.7 Å². The van der Waals surface area contributed by atoms with E-state index in [0.717, 1.165) is 0 Å². The molecule has 2 N–H and O–H groups in total. The van der Waals surface area contributed by atoms with Gasteiger partial charge in [0.15, 0.2) is 5.69 Å². The summed E-state index contributed by atoms with van der Waals surface area (Å²) in [7, 11) is 0. The lowest BCUT2D eigenvalue weighted by Gasteiger charge is -2.32. The van der Waals surface area contributed by atoms with Crippen LogP contribution in [0.2, 0.25) is 10.0 Å². The topological polar surface area (TPSA) is 99.9 Å². The normalized spacial score (nSPS) is 17.3. The molecule has 1 fully saturated rings. The number of hydrogen-bond acceptors (Lipinski definition) is 6. The van der Waals surface area contributed by atoms with Crippen molar-refractivity contribution in [2.24, 2.45) is 0 Å². The monoisotopic (exact) mass is 615 g/mol. The van der Waals surface area contributed by atoms with Gasteiger partial charge in [-0.3, -0.25) is 15.1 Å². The average Bonchev–Trinajstić information content (AvgIpc) is 3.30. The predicted octanol–water partition coefficient (Wildman–Crippen LogP) is 5.71. The van der Waals surface area contributed by atoms with Crippen molar-refractivity contribution in [2.45, 2.75) is 51.9 Å². The summed E-state index contributed by atoms with van der Waals surface area (Å²) in [6.45, 7) is 6.51. The van der Waals surface area contributed by atoms with Crippen molar-refractivity contribution < 1.29 is 23.8 Å². The average molecular weight is 617 g/mol. The van der Waals surface area contributed by atoms with Crippen LogP contribution in [0.5, 0.6) is 0 Å². The Morgan fingerprint density at radius 3 is 2.43 bits per heavy atom. The van der Waals surface area contributed by atoms with E-state index in [1.54, 1.807) is 60.8 Å². The maximum Gasteiger partial charge on any atom is 0.410 e. The van der Waals surface area contributed by atoms with Crippen LogP contribution in [-0.4, -0.2) is 68.1 Å². The van der Waals surface area contributed by atoms with Crippen molar-refractivity contribution in [1.29, 1.82) is 0 Å². The van der Waals surface area contributed by atoms with E-state index in [2.05, 4.69) is 5.43 Å². The molecule has 222 valence electrons. The van der Waals surface area contributed by atoms with Crippen LogP contribution in [0.1, 0.15) is 60.9 Å². The van der Waals surface area contributed by atoms with Crippen molar-refractivity contribution in [1.82, 2.24) is 25.1 Å². The van der Waals surface area contributed by atoms with Gasteiger partial charge in [0.25, 0.3) is 5.91 Å². The molecule has 0 bridgehead atoms. The molecule has 12 heteroatoms. The summed E-state index contributed by atoms with van der Waals surface area (Å²) in [6.07, 6.45) is 1.93. The number of amides is 2. The van der Waals surface area contributed by atoms with Crippen LogP contribution in [0.4, 0.5) is 9.18 Å². The van der Waals surface area contributed by atoms with Crippen molar-refractivity contribution in [3.05, 3.63) is 80.8 Å². The van der Waals surface area contributed by atoms with Gasteiger partial charge in [-0.25, -0.2) is 18.9 Å². The minimum Gasteiger partial charge on any atom is -0.444 e. The van der Waals surface area contributed by atoms with Crippen LogP contribution < -0.4 is 5.43 Å². The predicted molar refractivity (Wildman–Crippen MR) is 159 cm³/mol. The summed E-state index contributed by atoms with van der Waals surface area (Å²) >= 11 is 12.8. The molecular weight excluding hydrogens is 584 g/mol. The van der Waals surface area contributed by atoms with E-state index in [-0.39, 0.29) is 24.6 Å². The highest BCUT2D eigenvalue weighted by atomic mass is 35.5. The second-order valence-corrected chi connectivity index (χ2v) is 12.2. The smallest absolute Gasteiger partial charge is 0.410 e. The minimum atomic E-state index is -0.738. The number of piperidine rings is 1. The summed E-state index contributed by atoms with van der Waals surface area (Å²) in [4.78, 5) is 28.5. The number of hydrogen-bond donors (Lipinski definition) is 2. The first-order chi connectivity index (χ1) is 19.9. The van der Waals surface area contributed by atoms with Gasteiger partial charge >= 0.3 is 6.09 Å². The van der Waals surface area contributed by atoms with Crippen LogP contribution in [0.3, 0.4) is 0 Å². The number of aliphatic hydroxyl groups is 1. The van der Waals surface area contributed by atoms with Gasteiger partial charge in [-0.2, -0.15) is 5.10 Å². The van der Waals surface area contributed by atoms with E-state index in [1.165, 1.54) is 17.0 Å². The Hall–Kier alpha value is -3.44. The highest BCUT2D eigenvalue weighted by molar-refractivity contribution is 6.35. The first-order valence-corrected chi connectivity index (χ1v) is 14.4. The Kier molecular flexibility index (Phi) is 8.61. The van der Waals surface area contributed by atoms with Gasteiger partial charge in [0.1, 0.15) is 11.4 Å². The van der Waals surface area contributed by atoms with E-state index in [1.807, 2.05) is 6.08 Å². The number of ether oxygens (including phenoxy) is 1. The zero-order valence-corrected chi connectivity index (χ0v) is 25.0. The summed E-state index contributed by atoms with van der Waals surface area (Å²) in [5.74, 6) is -0.835. The summed E-state index contributed by atoms with van der Waals surface area (Å²) < 4.78 is 21.0. The summed E-state index contributed by atoms with van der Waals surface area (Å²) in [5, 5.41) is 17.1. The van der Waals surface area contributed by atoms with Crippen LogP contribution in [0.25, 0.3) is 17.3 Å². The van der Waals surface area contributed by atoms with Crippen molar-refractivity contribution >= 4 is 46.9 Å². The van der Waals surface area contributed by atoms with Gasteiger partial charge in [0.05, 0.1) is 35.6 Å². The van der Waals surface area contributed by atoms with E-state index >= 15 is 0 Å². The standard InChI is InChI=1S/C30H32Cl2FN5O4/c1-30(2,3)42-29(41)36-16-19(14-18-4-7-21(33)8-5-18)27-23(17-36)26(28(40)35-37-12-10-22(39)11-13-37)34-38(27)25-9-6-20(31)15-24(25)32/h4-9,14-15,22,39H,10-13,16-17H2,1-3H3,(H,35,40)/b19-14+. The number of aromatic nitrogens is 2. The number of carbonyl (C=O) groups is 2. The number of hydrazine groups is 1. The molecule has 2 amide bonds. The molecule has 9 nitrogen and oxygen atoms in total. The highest BCUT2D eigenvalue weighted by Crippen LogP contribution is 2.36. The molecule has 0 radical (unpaired) electrons. The SMILES string of the molecule is CC(C)(C)OC(=O)N1C/C(=C\c2ccc(F)cc2)c2c(c(C(=O)NN3CCC(O)CC3)nn2-c2ccc(Cl)cc2Cl)C1. The number of carbonyl (C=O) groups excluding carboxylic acids is 2. The molecule has 0 atom stereocenters. The van der Waals surface area contributed by atoms with Gasteiger partial charge in [0.2, 0.25) is 0 Å². The lowest BCUT2D eigenvalue weighted by Crippen LogP contribution is -2.48. The van der Waals surface area contributed by atoms with E-state index in [0.29, 0.717) is 64.1 Å². The number of fused-ring (bicyclic) bond motifs is 1. The zero-order valence-electron chi connectivity index (χ0n) is 23.5. The van der Waals surface area contributed by atoms with E-state index in [9.17, 15) is 19.1 Å². The van der Waals surface area contributed by atoms with Crippen molar-refractivity contribution in [3.63, 3.8) is 0 Å². The Balaban J connectivity index is 1.65. The Morgan fingerprint density at radius 1 is 1.10 bits per heavy atom. The Morgan fingerprint density at radius 2 is 1.79 bits per heavy atom. The van der Waals surface area contributed by atoms with Crippen molar-refractivity contribution in [3.8, 4) is 5.69 Å². The molecule has 0 aliphatic carbocycles. The maximum absolute atomic E-state index is 13.7. The molecule has 3 aromatic rings. The molecule has 42 heavy (non-hydrogen) atoms. The fourth-order valence-corrected chi connectivity index (χ4v) is 5.46. The van der Waals surface area contributed by atoms with Gasteiger partial charge in [-0.1, -0.05) is 35.3 Å². The molecule has 1 aromatic heterocycles. The van der Waals surface area contributed by atoms with Gasteiger partial charge in [-0.05, 0) is 81.2 Å². The fourth-order valence-electron chi connectivity index (χ4n) is 4.97. The number of nitrogens with zero attached hydrogens (tertiary/aromatic N) is 4. The lowest BCUT2D eigenvalue weighted by atomic mass is 9.97. The van der Waals surface area contributed by atoms with Gasteiger partial charge in [0, 0.05) is 23.7 Å². The molecule has 5 rings (SSSR count). The lowest BCUT2D eigenvalue weighted by molar-refractivity contribution is 0.0253. The molecule has 0 unspecified atom stereocenters. The van der Waals surface area contributed by atoms with Crippen molar-refractivity contribution in [2.75, 3.05) is 19.6 Å². The molecule has 2 aliphatic rings.